The second-order valence-corrected chi connectivity index (χ2v) is 8.32. The lowest BCUT2D eigenvalue weighted by Gasteiger charge is -2.37. The fraction of sp³-hybridized carbons (Fsp3) is 0.391. The molecule has 144 valence electrons. The van der Waals surface area contributed by atoms with Crippen LogP contribution in [0.25, 0.3) is 10.9 Å². The molecule has 0 amide bonds. The Labute approximate surface area is 162 Å². The average molecular weight is 366 g/mol. The first kappa shape index (κ1) is 19.5. The first-order valence-electron chi connectivity index (χ1n) is 9.61. The molecule has 2 aromatic carbocycles. The van der Waals surface area contributed by atoms with Crippen LogP contribution in [0.15, 0.2) is 54.7 Å². The van der Waals surface area contributed by atoms with Crippen molar-refractivity contribution in [3.63, 3.8) is 0 Å². The van der Waals surface area contributed by atoms with Crippen molar-refractivity contribution in [2.75, 3.05) is 18.4 Å². The van der Waals surface area contributed by atoms with E-state index in [1.807, 2.05) is 18.3 Å². The van der Waals surface area contributed by atoms with Crippen molar-refractivity contribution in [2.24, 2.45) is 0 Å². The maximum Gasteiger partial charge on any atom is 0.0839 e. The number of anilines is 1. The number of nitrogens with one attached hydrogen (secondary N) is 2. The number of aromatic amines is 1. The molecule has 1 atom stereocenters. The van der Waals surface area contributed by atoms with E-state index in [9.17, 15) is 5.11 Å². The number of benzene rings is 2. The quantitative estimate of drug-likeness (QED) is 0.576. The molecule has 0 radical (unpaired) electrons. The standard InChI is InChI=1S/C23H31N3O/c1-17-8-10-18(11-9-17)15-26(23(2,3)4)16-20(27)14-25-21-7-5-6-19-12-13-24-22(19)21/h5-13,20,24-25,27H,14-16H2,1-4H3. The number of aliphatic hydroxyl groups is 1. The third kappa shape index (κ3) is 5.12. The van der Waals surface area contributed by atoms with Crippen molar-refractivity contribution >= 4 is 16.6 Å². The van der Waals surface area contributed by atoms with E-state index < -0.39 is 6.10 Å². The monoisotopic (exact) mass is 365 g/mol. The van der Waals surface area contributed by atoms with E-state index in [1.165, 1.54) is 16.5 Å². The van der Waals surface area contributed by atoms with Gasteiger partial charge in [-0.3, -0.25) is 4.90 Å². The van der Waals surface area contributed by atoms with Gasteiger partial charge in [-0.15, -0.1) is 0 Å². The third-order valence-electron chi connectivity index (χ3n) is 4.99. The highest BCUT2D eigenvalue weighted by molar-refractivity contribution is 5.90. The zero-order valence-corrected chi connectivity index (χ0v) is 16.8. The number of H-pyrrole nitrogens is 1. The van der Waals surface area contributed by atoms with Gasteiger partial charge in [0, 0.05) is 36.8 Å². The van der Waals surface area contributed by atoms with Crippen molar-refractivity contribution in [1.29, 1.82) is 0 Å². The molecule has 0 fully saturated rings. The van der Waals surface area contributed by atoms with Crippen LogP contribution >= 0.6 is 0 Å². The number of hydrogen-bond acceptors (Lipinski definition) is 3. The number of aryl methyl sites for hydroxylation is 1. The van der Waals surface area contributed by atoms with E-state index in [0.29, 0.717) is 13.1 Å². The zero-order chi connectivity index (χ0) is 19.4. The molecule has 0 saturated carbocycles. The first-order chi connectivity index (χ1) is 12.8. The predicted molar refractivity (Wildman–Crippen MR) is 114 cm³/mol. The van der Waals surface area contributed by atoms with Crippen LogP contribution in [0.1, 0.15) is 31.9 Å². The fourth-order valence-corrected chi connectivity index (χ4v) is 3.27. The van der Waals surface area contributed by atoms with Gasteiger partial charge in [-0.1, -0.05) is 42.0 Å². The number of rotatable bonds is 7. The van der Waals surface area contributed by atoms with Crippen molar-refractivity contribution in [1.82, 2.24) is 9.88 Å². The molecule has 3 rings (SSSR count). The molecule has 1 unspecified atom stereocenters. The Kier molecular flexibility index (Phi) is 5.88. The molecule has 4 heteroatoms. The fourth-order valence-electron chi connectivity index (χ4n) is 3.27. The normalized spacial score (nSPS) is 13.3. The summed E-state index contributed by atoms with van der Waals surface area (Å²) in [7, 11) is 0. The van der Waals surface area contributed by atoms with Gasteiger partial charge >= 0.3 is 0 Å². The van der Waals surface area contributed by atoms with Crippen LogP contribution < -0.4 is 5.32 Å². The molecular weight excluding hydrogens is 334 g/mol. The van der Waals surface area contributed by atoms with Crippen molar-refractivity contribution < 1.29 is 5.11 Å². The Morgan fingerprint density at radius 1 is 1.07 bits per heavy atom. The summed E-state index contributed by atoms with van der Waals surface area (Å²) >= 11 is 0. The molecule has 3 N–H and O–H groups in total. The SMILES string of the molecule is Cc1ccc(CN(CC(O)CNc2cccc3cc[nH]c23)C(C)(C)C)cc1. The van der Waals surface area contributed by atoms with Crippen molar-refractivity contribution in [3.05, 3.63) is 65.9 Å². The van der Waals surface area contributed by atoms with Crippen molar-refractivity contribution in [3.8, 4) is 0 Å². The topological polar surface area (TPSA) is 51.3 Å². The molecule has 3 aromatic rings. The van der Waals surface area contributed by atoms with Gasteiger partial charge < -0.3 is 15.4 Å². The summed E-state index contributed by atoms with van der Waals surface area (Å²) in [5.74, 6) is 0. The lowest BCUT2D eigenvalue weighted by atomic mass is 10.0. The maximum atomic E-state index is 10.7. The molecule has 0 aliphatic heterocycles. The maximum absolute atomic E-state index is 10.7. The summed E-state index contributed by atoms with van der Waals surface area (Å²) in [6.45, 7) is 10.6. The summed E-state index contributed by atoms with van der Waals surface area (Å²) in [4.78, 5) is 5.59. The van der Waals surface area contributed by atoms with Crippen molar-refractivity contribution in [2.45, 2.75) is 45.9 Å². The van der Waals surface area contributed by atoms with E-state index in [2.05, 4.69) is 79.3 Å². The van der Waals surface area contributed by atoms with Crippen LogP contribution in [-0.4, -0.2) is 39.7 Å². The smallest absolute Gasteiger partial charge is 0.0839 e. The summed E-state index contributed by atoms with van der Waals surface area (Å²) in [5.41, 5.74) is 4.62. The number of hydrogen-bond donors (Lipinski definition) is 3. The second-order valence-electron chi connectivity index (χ2n) is 8.32. The summed E-state index contributed by atoms with van der Waals surface area (Å²) in [5, 5.41) is 15.2. The number of aromatic nitrogens is 1. The van der Waals surface area contributed by atoms with E-state index in [-0.39, 0.29) is 5.54 Å². The number of nitrogens with zero attached hydrogens (tertiary/aromatic N) is 1. The van der Waals surface area contributed by atoms with Crippen LogP contribution in [0.5, 0.6) is 0 Å². The number of aliphatic hydroxyl groups excluding tert-OH is 1. The van der Waals surface area contributed by atoms with E-state index in [0.717, 1.165) is 17.7 Å². The highest BCUT2D eigenvalue weighted by atomic mass is 16.3. The Balaban J connectivity index is 1.63. The van der Waals surface area contributed by atoms with Crippen LogP contribution in [0.2, 0.25) is 0 Å². The lowest BCUT2D eigenvalue weighted by Crippen LogP contribution is -2.46. The largest absolute Gasteiger partial charge is 0.390 e. The van der Waals surface area contributed by atoms with Gasteiger partial charge in [-0.25, -0.2) is 0 Å². The minimum atomic E-state index is -0.458. The minimum absolute atomic E-state index is 0.0225. The van der Waals surface area contributed by atoms with Gasteiger partial charge in [0.25, 0.3) is 0 Å². The average Bonchev–Trinajstić information content (AvgIpc) is 3.09. The number of β-amino-alcohol motifs (C(OH)–C–C–N with tert-alkyl or cyclic N) is 1. The molecule has 1 heterocycles. The van der Waals surface area contributed by atoms with Crippen LogP contribution in [0.4, 0.5) is 5.69 Å². The van der Waals surface area contributed by atoms with Gasteiger partial charge in [-0.05, 0) is 45.4 Å². The van der Waals surface area contributed by atoms with Crippen LogP contribution in [-0.2, 0) is 6.54 Å². The van der Waals surface area contributed by atoms with E-state index >= 15 is 0 Å². The minimum Gasteiger partial charge on any atom is -0.390 e. The molecule has 0 spiro atoms. The Hall–Kier alpha value is -2.30. The molecule has 27 heavy (non-hydrogen) atoms. The second kappa shape index (κ2) is 8.15. The lowest BCUT2D eigenvalue weighted by molar-refractivity contribution is 0.0585. The number of fused-ring (bicyclic) bond motifs is 1. The van der Waals surface area contributed by atoms with Gasteiger partial charge in [0.15, 0.2) is 0 Å². The van der Waals surface area contributed by atoms with Crippen LogP contribution in [0.3, 0.4) is 0 Å². The summed E-state index contributed by atoms with van der Waals surface area (Å²) in [6, 6.07) is 16.8. The highest BCUT2D eigenvalue weighted by Crippen LogP contribution is 2.22. The van der Waals surface area contributed by atoms with Gasteiger partial charge in [0.05, 0.1) is 17.3 Å². The molecule has 0 saturated heterocycles. The van der Waals surface area contributed by atoms with Gasteiger partial charge in [-0.2, -0.15) is 0 Å². The van der Waals surface area contributed by atoms with Crippen LogP contribution in [0, 0.1) is 6.92 Å². The van der Waals surface area contributed by atoms with Gasteiger partial charge in [0.1, 0.15) is 0 Å². The van der Waals surface area contributed by atoms with E-state index in [4.69, 9.17) is 0 Å². The molecule has 0 bridgehead atoms. The molecule has 4 nitrogen and oxygen atoms in total. The molecule has 1 aromatic heterocycles. The Morgan fingerprint density at radius 3 is 2.52 bits per heavy atom. The predicted octanol–water partition coefficient (Wildman–Crippen LogP) is 4.55. The Morgan fingerprint density at radius 2 is 1.81 bits per heavy atom. The third-order valence-corrected chi connectivity index (χ3v) is 4.99. The number of para-hydroxylation sites is 1. The molecule has 0 aliphatic rings. The first-order valence-corrected chi connectivity index (χ1v) is 9.61. The highest BCUT2D eigenvalue weighted by Gasteiger charge is 2.24. The van der Waals surface area contributed by atoms with Gasteiger partial charge in [0.2, 0.25) is 0 Å². The summed E-state index contributed by atoms with van der Waals surface area (Å²) < 4.78 is 0. The molecule has 0 aliphatic carbocycles. The summed E-state index contributed by atoms with van der Waals surface area (Å²) in [6.07, 6.45) is 1.48. The zero-order valence-electron chi connectivity index (χ0n) is 16.8. The Bertz CT molecular complexity index is 861. The van der Waals surface area contributed by atoms with E-state index in [1.54, 1.807) is 0 Å². The molecular formula is C23H31N3O.